The van der Waals surface area contributed by atoms with Gasteiger partial charge in [-0.05, 0) is 83.5 Å². The Bertz CT molecular complexity index is 1400. The van der Waals surface area contributed by atoms with Crippen LogP contribution >= 0.6 is 7.82 Å². The summed E-state index contributed by atoms with van der Waals surface area (Å²) in [6.07, 6.45) is 57.8. The highest BCUT2D eigenvalue weighted by Gasteiger charge is 2.28. The smallest absolute Gasteiger partial charge is 0.462 e. The maximum atomic E-state index is 12.9. The number of carbonyl (C=O) groups is 3. The monoisotopic (exact) mass is 1040 g/mol. The molecule has 0 saturated carbocycles. The molecule has 0 aromatic carbocycles. The molecule has 0 fully saturated rings. The molecule has 72 heavy (non-hydrogen) atoms. The van der Waals surface area contributed by atoms with E-state index in [9.17, 15) is 28.9 Å². The van der Waals surface area contributed by atoms with Crippen LogP contribution in [-0.4, -0.2) is 66.5 Å². The fourth-order valence-electron chi connectivity index (χ4n) is 8.18. The molecule has 0 aromatic rings. The van der Waals surface area contributed by atoms with Crippen molar-refractivity contribution in [2.24, 2.45) is 0 Å². The van der Waals surface area contributed by atoms with Crippen molar-refractivity contribution in [1.82, 2.24) is 0 Å². The number of hydrogen-bond donors (Lipinski definition) is 2. The van der Waals surface area contributed by atoms with Crippen LogP contribution in [-0.2, 0) is 42.2 Å². The van der Waals surface area contributed by atoms with Gasteiger partial charge in [-0.1, -0.05) is 223 Å². The lowest BCUT2D eigenvalue weighted by atomic mass is 10.1. The summed E-state index contributed by atoms with van der Waals surface area (Å²) in [7, 11) is -4.75. The van der Waals surface area contributed by atoms with Crippen molar-refractivity contribution in [1.29, 1.82) is 0 Å². The van der Waals surface area contributed by atoms with Crippen LogP contribution in [0, 0.1) is 0 Å². The van der Waals surface area contributed by atoms with E-state index in [-0.39, 0.29) is 25.9 Å². The van der Waals surface area contributed by atoms with Gasteiger partial charge in [0.25, 0.3) is 0 Å². The van der Waals surface area contributed by atoms with E-state index in [0.717, 1.165) is 96.3 Å². The highest BCUT2D eigenvalue weighted by Crippen LogP contribution is 2.43. The van der Waals surface area contributed by atoms with Gasteiger partial charge in [0.05, 0.1) is 19.8 Å². The Kier molecular flexibility index (Phi) is 52.7. The summed E-state index contributed by atoms with van der Waals surface area (Å²) in [5, 5.41) is 9.81. The van der Waals surface area contributed by atoms with Gasteiger partial charge in [0.15, 0.2) is 6.10 Å². The molecule has 12 heteroatoms. The number of allylic oxidation sites excluding steroid dienone is 8. The molecule has 0 rings (SSSR count). The molecule has 2 N–H and O–H groups in total. The second kappa shape index (κ2) is 54.7. The van der Waals surface area contributed by atoms with E-state index < -0.39 is 57.8 Å². The fraction of sp³-hybridized carbons (Fsp3) is 0.817. The molecule has 3 atom stereocenters. The largest absolute Gasteiger partial charge is 0.472 e. The lowest BCUT2D eigenvalue weighted by Crippen LogP contribution is -2.30. The molecular formula is C60H109O11P. The number of hydrogen-bond acceptors (Lipinski definition) is 10. The minimum absolute atomic E-state index is 0.163. The third-order valence-electron chi connectivity index (χ3n) is 12.7. The van der Waals surface area contributed by atoms with Crippen LogP contribution in [0.5, 0.6) is 0 Å². The first-order valence-corrected chi connectivity index (χ1v) is 31.0. The van der Waals surface area contributed by atoms with Crippen molar-refractivity contribution in [2.45, 2.75) is 290 Å². The molecule has 0 aliphatic rings. The number of unbranched alkanes of at least 4 members (excludes halogenated alkanes) is 30. The van der Waals surface area contributed by atoms with Gasteiger partial charge in [0.2, 0.25) is 0 Å². The number of rotatable bonds is 55. The van der Waals surface area contributed by atoms with Gasteiger partial charge >= 0.3 is 25.7 Å². The lowest BCUT2D eigenvalue weighted by Gasteiger charge is -2.21. The van der Waals surface area contributed by atoms with Gasteiger partial charge in [-0.15, -0.1) is 0 Å². The van der Waals surface area contributed by atoms with E-state index in [2.05, 4.69) is 69.4 Å². The number of esters is 3. The predicted molar refractivity (Wildman–Crippen MR) is 298 cm³/mol. The zero-order valence-electron chi connectivity index (χ0n) is 46.4. The van der Waals surface area contributed by atoms with Crippen molar-refractivity contribution < 1.29 is 52.2 Å². The first kappa shape index (κ1) is 69.4. The third kappa shape index (κ3) is 52.3. The van der Waals surface area contributed by atoms with Crippen LogP contribution in [0.3, 0.4) is 0 Å². The summed E-state index contributed by atoms with van der Waals surface area (Å²) in [6, 6.07) is 0. The molecule has 0 saturated heterocycles. The summed E-state index contributed by atoms with van der Waals surface area (Å²) in [4.78, 5) is 48.5. The molecule has 11 nitrogen and oxygen atoms in total. The highest BCUT2D eigenvalue weighted by molar-refractivity contribution is 7.47. The molecule has 0 amide bonds. The maximum absolute atomic E-state index is 12.9. The summed E-state index contributed by atoms with van der Waals surface area (Å²) in [6.45, 7) is 4.60. The fourth-order valence-corrected chi connectivity index (χ4v) is 8.97. The van der Waals surface area contributed by atoms with Gasteiger partial charge in [0.1, 0.15) is 12.7 Å². The van der Waals surface area contributed by atoms with Gasteiger partial charge in [-0.2, -0.15) is 0 Å². The highest BCUT2D eigenvalue weighted by atomic mass is 31.2. The lowest BCUT2D eigenvalue weighted by molar-refractivity contribution is -0.161. The van der Waals surface area contributed by atoms with Crippen LogP contribution < -0.4 is 0 Å². The zero-order valence-corrected chi connectivity index (χ0v) is 47.3. The Morgan fingerprint density at radius 2 is 0.681 bits per heavy atom. The third-order valence-corrected chi connectivity index (χ3v) is 13.7. The number of phosphoric acid groups is 1. The minimum atomic E-state index is -4.75. The zero-order chi connectivity index (χ0) is 52.7. The predicted octanol–water partition coefficient (Wildman–Crippen LogP) is 17.4. The topological polar surface area (TPSA) is 155 Å². The van der Waals surface area contributed by atoms with E-state index in [1.807, 2.05) is 0 Å². The molecule has 3 unspecified atom stereocenters. The van der Waals surface area contributed by atoms with E-state index in [1.165, 1.54) is 122 Å². The van der Waals surface area contributed by atoms with Crippen LogP contribution in [0.15, 0.2) is 48.6 Å². The number of ether oxygens (including phenoxy) is 3. The quantitative estimate of drug-likeness (QED) is 0.0197. The second-order valence-corrected chi connectivity index (χ2v) is 21.3. The normalized spacial score (nSPS) is 13.7. The van der Waals surface area contributed by atoms with Crippen LogP contribution in [0.2, 0.25) is 0 Å². The number of carbonyl (C=O) groups excluding carboxylic acids is 3. The first-order valence-electron chi connectivity index (χ1n) is 29.5. The van der Waals surface area contributed by atoms with Gasteiger partial charge in [-0.3, -0.25) is 23.4 Å². The molecule has 0 aromatic heterocycles. The van der Waals surface area contributed by atoms with Gasteiger partial charge < -0.3 is 24.2 Å². The summed E-state index contributed by atoms with van der Waals surface area (Å²) in [5.41, 5.74) is 0. The van der Waals surface area contributed by atoms with Crippen LogP contribution in [0.4, 0.5) is 0 Å². The minimum Gasteiger partial charge on any atom is -0.462 e. The SMILES string of the molecule is CCCCC/C=C\C/C=C\CCCCCCCCCCCC(=O)OC(COC(=O)CCCCCCCCCCCCC)COP(=O)(O)OCC(CO)OC(=O)CCCCCCC/C=C\C/C=C\CCCCC. The molecule has 0 aliphatic heterocycles. The Morgan fingerprint density at radius 1 is 0.389 bits per heavy atom. The van der Waals surface area contributed by atoms with E-state index >= 15 is 0 Å². The molecule has 0 bridgehead atoms. The Labute approximate surface area is 441 Å². The average Bonchev–Trinajstić information content (AvgIpc) is 3.37. The molecule has 0 spiro atoms. The van der Waals surface area contributed by atoms with Gasteiger partial charge in [-0.25, -0.2) is 4.57 Å². The summed E-state index contributed by atoms with van der Waals surface area (Å²) >= 11 is 0. The maximum Gasteiger partial charge on any atom is 0.472 e. The molecule has 0 aliphatic carbocycles. The van der Waals surface area contributed by atoms with Crippen molar-refractivity contribution in [3.05, 3.63) is 48.6 Å². The van der Waals surface area contributed by atoms with Crippen molar-refractivity contribution >= 4 is 25.7 Å². The number of aliphatic hydroxyl groups excluding tert-OH is 1. The van der Waals surface area contributed by atoms with E-state index in [1.54, 1.807) is 0 Å². The Balaban J connectivity index is 4.67. The van der Waals surface area contributed by atoms with Crippen molar-refractivity contribution in [3.63, 3.8) is 0 Å². The van der Waals surface area contributed by atoms with Crippen molar-refractivity contribution in [2.75, 3.05) is 26.4 Å². The Hall–Kier alpha value is -2.56. The summed E-state index contributed by atoms with van der Waals surface area (Å²) in [5.74, 6) is -1.47. The Morgan fingerprint density at radius 3 is 1.06 bits per heavy atom. The number of aliphatic hydroxyl groups is 1. The average molecular weight is 1040 g/mol. The van der Waals surface area contributed by atoms with Crippen LogP contribution in [0.25, 0.3) is 0 Å². The molecular weight excluding hydrogens is 928 g/mol. The number of phosphoric ester groups is 1. The van der Waals surface area contributed by atoms with Crippen molar-refractivity contribution in [3.8, 4) is 0 Å². The molecule has 0 radical (unpaired) electrons. The van der Waals surface area contributed by atoms with Crippen LogP contribution in [0.1, 0.15) is 278 Å². The standard InChI is InChI=1S/C60H109O11P/c1-4-7-10-13-16-19-22-24-26-27-28-29-31-33-36-39-42-45-48-51-60(64)71-57(53-67-58(62)49-46-43-40-37-34-21-18-15-12-9-6-3)55-69-72(65,66)68-54-56(52-61)70-59(63)50-47-44-41-38-35-32-30-25-23-20-17-14-11-8-5-2/h16-17,19-20,24-26,30,56-57,61H,4-15,18,21-23,27-29,31-55H2,1-3H3,(H,65,66)/b19-16-,20-17-,26-24-,30-25-. The molecule has 420 valence electrons. The second-order valence-electron chi connectivity index (χ2n) is 19.8. The van der Waals surface area contributed by atoms with Gasteiger partial charge in [0, 0.05) is 19.3 Å². The molecule has 0 heterocycles. The van der Waals surface area contributed by atoms with E-state index in [0.29, 0.717) is 19.3 Å². The van der Waals surface area contributed by atoms with E-state index in [4.69, 9.17) is 23.3 Å². The summed E-state index contributed by atoms with van der Waals surface area (Å²) < 4.78 is 39.5. The first-order chi connectivity index (χ1) is 35.2.